The Kier molecular flexibility index (Phi) is 7.15. The number of carbonyl (C=O) groups is 3. The molecule has 1 fully saturated rings. The van der Waals surface area contributed by atoms with E-state index in [1.54, 1.807) is 37.2 Å². The van der Waals surface area contributed by atoms with Gasteiger partial charge < -0.3 is 30.3 Å². The minimum atomic E-state index is -0.313. The van der Waals surface area contributed by atoms with Gasteiger partial charge in [0.2, 0.25) is 5.91 Å². The van der Waals surface area contributed by atoms with Crippen molar-refractivity contribution in [1.82, 2.24) is 15.5 Å². The third-order valence-electron chi connectivity index (χ3n) is 5.50. The first kappa shape index (κ1) is 21.9. The van der Waals surface area contributed by atoms with Crippen molar-refractivity contribution in [3.63, 3.8) is 0 Å². The summed E-state index contributed by atoms with van der Waals surface area (Å²) in [6, 6.07) is 4.57. The zero-order chi connectivity index (χ0) is 21.7. The molecule has 3 N–H and O–H groups in total. The number of amides is 4. The van der Waals surface area contributed by atoms with Gasteiger partial charge in [0.15, 0.2) is 0 Å². The molecule has 0 spiro atoms. The first-order valence-corrected chi connectivity index (χ1v) is 10.4. The van der Waals surface area contributed by atoms with Crippen molar-refractivity contribution in [1.29, 1.82) is 0 Å². The molecular weight excluding hydrogens is 388 g/mol. The number of nitrogens with one attached hydrogen (secondary N) is 3. The Balaban J connectivity index is 1.74. The highest BCUT2D eigenvalue weighted by Crippen LogP contribution is 2.32. The van der Waals surface area contributed by atoms with Gasteiger partial charge in [-0.2, -0.15) is 0 Å². The minimum Gasteiger partial charge on any atom is -0.490 e. The Morgan fingerprint density at radius 3 is 2.80 bits per heavy atom. The summed E-state index contributed by atoms with van der Waals surface area (Å²) in [5, 5.41) is 8.10. The second kappa shape index (κ2) is 9.80. The van der Waals surface area contributed by atoms with E-state index in [1.807, 2.05) is 6.92 Å². The molecule has 2 aliphatic rings. The summed E-state index contributed by atoms with van der Waals surface area (Å²) in [4.78, 5) is 38.5. The molecule has 0 aromatic heterocycles. The molecule has 0 aliphatic carbocycles. The molecule has 1 saturated heterocycles. The highest BCUT2D eigenvalue weighted by molar-refractivity contribution is 5.99. The van der Waals surface area contributed by atoms with Gasteiger partial charge in [-0.15, -0.1) is 0 Å². The van der Waals surface area contributed by atoms with Crippen molar-refractivity contribution in [2.24, 2.45) is 0 Å². The Bertz CT molecular complexity index is 800. The molecule has 164 valence electrons. The van der Waals surface area contributed by atoms with Gasteiger partial charge in [-0.05, 0) is 37.5 Å². The number of ether oxygens (including phenoxy) is 2. The van der Waals surface area contributed by atoms with Gasteiger partial charge in [-0.1, -0.05) is 6.92 Å². The summed E-state index contributed by atoms with van der Waals surface area (Å²) in [7, 11) is 3.36. The lowest BCUT2D eigenvalue weighted by atomic mass is 9.94. The number of carbonyl (C=O) groups excluding carboxylic acids is 3. The van der Waals surface area contributed by atoms with Gasteiger partial charge in [0, 0.05) is 26.3 Å². The maximum atomic E-state index is 13.2. The van der Waals surface area contributed by atoms with Crippen LogP contribution in [0.1, 0.15) is 43.0 Å². The van der Waals surface area contributed by atoms with Crippen LogP contribution in [0.15, 0.2) is 18.2 Å². The van der Waals surface area contributed by atoms with E-state index < -0.39 is 0 Å². The second-order valence-corrected chi connectivity index (χ2v) is 7.64. The predicted octanol–water partition coefficient (Wildman–Crippen LogP) is 1.73. The molecule has 9 nitrogen and oxygen atoms in total. The van der Waals surface area contributed by atoms with Gasteiger partial charge in [-0.25, -0.2) is 4.79 Å². The molecule has 2 heterocycles. The summed E-state index contributed by atoms with van der Waals surface area (Å²) in [6.45, 7) is 2.83. The summed E-state index contributed by atoms with van der Waals surface area (Å²) < 4.78 is 12.0. The molecule has 3 rings (SSSR count). The fourth-order valence-electron chi connectivity index (χ4n) is 3.83. The van der Waals surface area contributed by atoms with Crippen LogP contribution < -0.4 is 20.7 Å². The Morgan fingerprint density at radius 1 is 1.27 bits per heavy atom. The third kappa shape index (κ3) is 5.02. The molecule has 2 aliphatic heterocycles. The van der Waals surface area contributed by atoms with Gasteiger partial charge in [0.1, 0.15) is 18.5 Å². The first-order valence-electron chi connectivity index (χ1n) is 10.4. The number of anilines is 1. The highest BCUT2D eigenvalue weighted by Gasteiger charge is 2.39. The van der Waals surface area contributed by atoms with Crippen LogP contribution >= 0.6 is 0 Å². The van der Waals surface area contributed by atoms with Gasteiger partial charge in [0.05, 0.1) is 24.1 Å². The van der Waals surface area contributed by atoms with Crippen LogP contribution in [0.3, 0.4) is 0 Å². The Hall–Kier alpha value is -2.81. The van der Waals surface area contributed by atoms with Crippen LogP contribution in [-0.4, -0.2) is 68.2 Å². The zero-order valence-corrected chi connectivity index (χ0v) is 17.7. The second-order valence-electron chi connectivity index (χ2n) is 7.64. The molecule has 3 atom stereocenters. The largest absolute Gasteiger partial charge is 0.490 e. The number of benzene rings is 1. The Labute approximate surface area is 176 Å². The minimum absolute atomic E-state index is 0.0667. The predicted molar refractivity (Wildman–Crippen MR) is 112 cm³/mol. The number of fused-ring (bicyclic) bond motifs is 2. The zero-order valence-electron chi connectivity index (χ0n) is 17.7. The number of rotatable bonds is 5. The monoisotopic (exact) mass is 418 g/mol. The normalized spacial score (nSPS) is 23.2. The average Bonchev–Trinajstić information content (AvgIpc) is 2.75. The quantitative estimate of drug-likeness (QED) is 0.675. The summed E-state index contributed by atoms with van der Waals surface area (Å²) in [6.07, 6.45) is 2.05. The van der Waals surface area contributed by atoms with Crippen molar-refractivity contribution >= 4 is 23.5 Å². The van der Waals surface area contributed by atoms with Crippen LogP contribution in [-0.2, 0) is 9.53 Å². The fraction of sp³-hybridized carbons (Fsp3) is 0.571. The number of hydrogen-bond acceptors (Lipinski definition) is 5. The van der Waals surface area contributed by atoms with Crippen molar-refractivity contribution < 1.29 is 23.9 Å². The van der Waals surface area contributed by atoms with E-state index in [0.717, 1.165) is 12.8 Å². The van der Waals surface area contributed by atoms with Crippen LogP contribution in [0.5, 0.6) is 5.75 Å². The molecule has 4 amide bonds. The molecule has 0 radical (unpaired) electrons. The Morgan fingerprint density at radius 2 is 2.07 bits per heavy atom. The van der Waals surface area contributed by atoms with E-state index in [0.29, 0.717) is 36.4 Å². The average molecular weight is 418 g/mol. The van der Waals surface area contributed by atoms with E-state index in [9.17, 15) is 14.4 Å². The van der Waals surface area contributed by atoms with E-state index in [1.165, 1.54) is 0 Å². The lowest BCUT2D eigenvalue weighted by Gasteiger charge is -2.42. The maximum absolute atomic E-state index is 13.2. The van der Waals surface area contributed by atoms with Crippen molar-refractivity contribution in [3.05, 3.63) is 23.8 Å². The van der Waals surface area contributed by atoms with Crippen LogP contribution in [0.2, 0.25) is 0 Å². The molecule has 9 heteroatoms. The van der Waals surface area contributed by atoms with Crippen molar-refractivity contribution in [2.75, 3.05) is 32.6 Å². The molecule has 1 aromatic carbocycles. The smallest absolute Gasteiger partial charge is 0.319 e. The third-order valence-corrected chi connectivity index (χ3v) is 5.50. The SMILES string of the molecule is CCCNC(=O)Nc1ccc2c(c1)C(=O)N(C)[C@@H]1CC[C@H](CC(=O)NC)O[C@@H]1CO2. The lowest BCUT2D eigenvalue weighted by molar-refractivity contribution is -0.133. The molecule has 1 aromatic rings. The van der Waals surface area contributed by atoms with E-state index >= 15 is 0 Å². The molecule has 30 heavy (non-hydrogen) atoms. The number of urea groups is 1. The molecule has 0 bridgehead atoms. The number of likely N-dealkylation sites (N-methyl/N-ethyl adjacent to an activating group) is 1. The highest BCUT2D eigenvalue weighted by atomic mass is 16.5. The molecular formula is C21H30N4O5. The number of hydrogen-bond donors (Lipinski definition) is 3. The number of nitrogens with zero attached hydrogens (tertiary/aromatic N) is 1. The van der Waals surface area contributed by atoms with E-state index in [2.05, 4.69) is 16.0 Å². The van der Waals surface area contributed by atoms with Crippen molar-refractivity contribution in [3.8, 4) is 5.75 Å². The van der Waals surface area contributed by atoms with E-state index in [4.69, 9.17) is 9.47 Å². The summed E-state index contributed by atoms with van der Waals surface area (Å²) in [5.41, 5.74) is 0.923. The van der Waals surface area contributed by atoms with Gasteiger partial charge in [0.25, 0.3) is 5.91 Å². The van der Waals surface area contributed by atoms with Crippen molar-refractivity contribution in [2.45, 2.75) is 50.9 Å². The summed E-state index contributed by atoms with van der Waals surface area (Å²) >= 11 is 0. The maximum Gasteiger partial charge on any atom is 0.319 e. The molecule has 0 unspecified atom stereocenters. The van der Waals surface area contributed by atoms with Gasteiger partial charge >= 0.3 is 6.03 Å². The summed E-state index contributed by atoms with van der Waals surface area (Å²) in [5.74, 6) is 0.190. The van der Waals surface area contributed by atoms with Crippen LogP contribution in [0.25, 0.3) is 0 Å². The topological polar surface area (TPSA) is 109 Å². The first-order chi connectivity index (χ1) is 14.4. The van der Waals surface area contributed by atoms with E-state index in [-0.39, 0.29) is 42.7 Å². The van der Waals surface area contributed by atoms with Crippen LogP contribution in [0, 0.1) is 0 Å². The standard InChI is InChI=1S/C21H30N4O5/c1-4-9-23-21(28)24-13-5-8-17-15(10-13)20(27)25(3)16-7-6-14(11-19(26)22-2)30-18(16)12-29-17/h5,8,10,14,16,18H,4,6-7,9,11-12H2,1-3H3,(H,22,26)(H2,23,24,28)/t14-,16-,18-/m1/s1. The van der Waals surface area contributed by atoms with Crippen LogP contribution in [0.4, 0.5) is 10.5 Å². The van der Waals surface area contributed by atoms with Gasteiger partial charge in [-0.3, -0.25) is 9.59 Å². The lowest BCUT2D eigenvalue weighted by Crippen LogP contribution is -2.53. The molecule has 0 saturated carbocycles. The fourth-order valence-corrected chi connectivity index (χ4v) is 3.83.